The lowest BCUT2D eigenvalue weighted by Crippen LogP contribution is -2.15. The summed E-state index contributed by atoms with van der Waals surface area (Å²) in [7, 11) is 0. The van der Waals surface area contributed by atoms with Crippen LogP contribution >= 0.6 is 0 Å². The molecule has 1 N–H and O–H groups in total. The molecule has 19 heavy (non-hydrogen) atoms. The molecule has 1 aromatic rings. The first kappa shape index (κ1) is 13.4. The van der Waals surface area contributed by atoms with Gasteiger partial charge in [0.2, 0.25) is 5.76 Å². The first-order chi connectivity index (χ1) is 8.95. The Morgan fingerprint density at radius 3 is 2.63 bits per heavy atom. The molecule has 102 valence electrons. The van der Waals surface area contributed by atoms with E-state index in [2.05, 4.69) is 10.2 Å². The van der Waals surface area contributed by atoms with Crippen molar-refractivity contribution in [1.82, 2.24) is 14.8 Å². The van der Waals surface area contributed by atoms with Crippen LogP contribution in [0, 0.1) is 11.3 Å². The summed E-state index contributed by atoms with van der Waals surface area (Å²) >= 11 is 0. The summed E-state index contributed by atoms with van der Waals surface area (Å²) in [6, 6.07) is 1.37. The largest absolute Gasteiger partial charge is 0.503 e. The van der Waals surface area contributed by atoms with Gasteiger partial charge in [-0.15, -0.1) is 10.2 Å². The maximum Gasteiger partial charge on any atom is 0.450 e. The van der Waals surface area contributed by atoms with Crippen molar-refractivity contribution in [2.45, 2.75) is 38.4 Å². The van der Waals surface area contributed by atoms with E-state index in [0.717, 1.165) is 19.3 Å². The number of rotatable bonds is 1. The van der Waals surface area contributed by atoms with Crippen molar-refractivity contribution in [3.8, 4) is 6.07 Å². The van der Waals surface area contributed by atoms with Crippen LogP contribution < -0.4 is 0 Å². The first-order valence-corrected chi connectivity index (χ1v) is 5.78. The van der Waals surface area contributed by atoms with Gasteiger partial charge in [0.05, 0.1) is 0 Å². The van der Waals surface area contributed by atoms with Crippen LogP contribution in [0.1, 0.15) is 30.9 Å². The fourth-order valence-electron chi connectivity index (χ4n) is 2.02. The van der Waals surface area contributed by atoms with E-state index >= 15 is 0 Å². The summed E-state index contributed by atoms with van der Waals surface area (Å²) in [6.45, 7) is 0.452. The molecule has 2 heterocycles. The minimum absolute atomic E-state index is 0.214. The predicted octanol–water partition coefficient (Wildman–Crippen LogP) is 2.36. The molecule has 0 atom stereocenters. The maximum atomic E-state index is 12.5. The highest BCUT2D eigenvalue weighted by atomic mass is 19.4. The van der Waals surface area contributed by atoms with Gasteiger partial charge in [-0.2, -0.15) is 18.4 Å². The molecule has 0 amide bonds. The zero-order valence-corrected chi connectivity index (χ0v) is 9.91. The van der Waals surface area contributed by atoms with Gasteiger partial charge in [0, 0.05) is 13.0 Å². The summed E-state index contributed by atoms with van der Waals surface area (Å²) in [5.41, 5.74) is -0.881. The van der Waals surface area contributed by atoms with E-state index < -0.39 is 17.5 Å². The fraction of sp³-hybridized carbons (Fsp3) is 0.545. The van der Waals surface area contributed by atoms with Gasteiger partial charge in [-0.1, -0.05) is 6.42 Å². The minimum Gasteiger partial charge on any atom is -0.503 e. The highest BCUT2D eigenvalue weighted by molar-refractivity contribution is 5.75. The van der Waals surface area contributed by atoms with Gasteiger partial charge in [0.25, 0.3) is 0 Å². The third-order valence-corrected chi connectivity index (χ3v) is 2.95. The Balaban J connectivity index is 2.52. The summed E-state index contributed by atoms with van der Waals surface area (Å²) in [5.74, 6) is -1.58. The molecule has 0 fully saturated rings. The molecule has 1 aliphatic heterocycles. The third kappa shape index (κ3) is 2.54. The lowest BCUT2D eigenvalue weighted by atomic mass is 10.2. The number of alkyl halides is 3. The predicted molar refractivity (Wildman–Crippen MR) is 58.8 cm³/mol. The smallest absolute Gasteiger partial charge is 0.450 e. The van der Waals surface area contributed by atoms with Crippen LogP contribution in [-0.2, 0) is 13.0 Å². The minimum atomic E-state index is -4.97. The second-order valence-corrected chi connectivity index (χ2v) is 4.24. The van der Waals surface area contributed by atoms with Crippen LogP contribution in [0.3, 0.4) is 0 Å². The van der Waals surface area contributed by atoms with E-state index in [-0.39, 0.29) is 5.82 Å². The molecule has 0 bridgehead atoms. The topological polar surface area (TPSA) is 74.7 Å². The number of aryl methyl sites for hydroxylation is 1. The van der Waals surface area contributed by atoms with Crippen LogP contribution in [0.4, 0.5) is 13.2 Å². The van der Waals surface area contributed by atoms with E-state index in [0.29, 0.717) is 18.8 Å². The quantitative estimate of drug-likeness (QED) is 0.629. The standard InChI is InChI=1S/C11H11F3N4O/c12-11(13,14)9(19)7(6-15)10-17-16-8-4-2-1-3-5-18(8)10/h19H,1-5H2/b9-7-. The van der Waals surface area contributed by atoms with E-state index in [1.165, 1.54) is 10.6 Å². The number of hydrogen-bond acceptors (Lipinski definition) is 4. The average molecular weight is 272 g/mol. The lowest BCUT2D eigenvalue weighted by molar-refractivity contribution is -0.119. The van der Waals surface area contributed by atoms with Crippen LogP contribution in [0.2, 0.25) is 0 Å². The number of aromatic nitrogens is 3. The van der Waals surface area contributed by atoms with E-state index in [1.54, 1.807) is 0 Å². The zero-order valence-electron chi connectivity index (χ0n) is 9.91. The molecule has 0 radical (unpaired) electrons. The Hall–Kier alpha value is -2.04. The molecule has 1 aromatic heterocycles. The van der Waals surface area contributed by atoms with Crippen molar-refractivity contribution in [3.05, 3.63) is 17.4 Å². The third-order valence-electron chi connectivity index (χ3n) is 2.95. The molecule has 0 aromatic carbocycles. The average Bonchev–Trinajstić information content (AvgIpc) is 2.59. The summed E-state index contributed by atoms with van der Waals surface area (Å²) in [5, 5.41) is 25.4. The molecular weight excluding hydrogens is 261 g/mol. The van der Waals surface area contributed by atoms with Crippen molar-refractivity contribution in [2.24, 2.45) is 0 Å². The highest BCUT2D eigenvalue weighted by Crippen LogP contribution is 2.30. The Morgan fingerprint density at radius 1 is 1.26 bits per heavy atom. The van der Waals surface area contributed by atoms with Crippen LogP contribution in [0.5, 0.6) is 0 Å². The summed E-state index contributed by atoms with van der Waals surface area (Å²) in [6.07, 6.45) is -1.75. The van der Waals surface area contributed by atoms with Crippen LogP contribution in [0.15, 0.2) is 5.76 Å². The van der Waals surface area contributed by atoms with Crippen molar-refractivity contribution < 1.29 is 18.3 Å². The maximum absolute atomic E-state index is 12.5. The monoisotopic (exact) mass is 272 g/mol. The normalized spacial score (nSPS) is 17.2. The van der Waals surface area contributed by atoms with E-state index in [1.807, 2.05) is 0 Å². The number of halogens is 3. The second-order valence-electron chi connectivity index (χ2n) is 4.24. The number of nitriles is 1. The van der Waals surface area contributed by atoms with Crippen molar-refractivity contribution >= 4 is 5.57 Å². The summed E-state index contributed by atoms with van der Waals surface area (Å²) in [4.78, 5) is 0. The Labute approximate surface area is 107 Å². The van der Waals surface area contributed by atoms with Crippen LogP contribution in [-0.4, -0.2) is 26.0 Å². The van der Waals surface area contributed by atoms with Gasteiger partial charge < -0.3 is 9.67 Å². The van der Waals surface area contributed by atoms with Crippen molar-refractivity contribution in [3.63, 3.8) is 0 Å². The molecule has 8 heteroatoms. The van der Waals surface area contributed by atoms with Gasteiger partial charge in [0.15, 0.2) is 5.82 Å². The Bertz CT molecular complexity index is 553. The molecule has 0 aliphatic carbocycles. The van der Waals surface area contributed by atoms with Gasteiger partial charge in [-0.25, -0.2) is 0 Å². The van der Waals surface area contributed by atoms with Gasteiger partial charge >= 0.3 is 6.18 Å². The Kier molecular flexibility index (Phi) is 3.46. The molecule has 0 saturated heterocycles. The number of aliphatic hydroxyl groups excluding tert-OH is 1. The number of allylic oxidation sites excluding steroid dienone is 2. The van der Waals surface area contributed by atoms with Gasteiger partial charge in [-0.3, -0.25) is 0 Å². The number of hydrogen-bond donors (Lipinski definition) is 1. The first-order valence-electron chi connectivity index (χ1n) is 5.78. The molecule has 0 unspecified atom stereocenters. The number of fused-ring (bicyclic) bond motifs is 1. The SMILES string of the molecule is N#C/C(=C(/O)C(F)(F)F)c1nnc2n1CCCCC2. The molecule has 5 nitrogen and oxygen atoms in total. The van der Waals surface area contributed by atoms with E-state index in [4.69, 9.17) is 10.4 Å². The van der Waals surface area contributed by atoms with Gasteiger partial charge in [-0.05, 0) is 12.8 Å². The zero-order chi connectivity index (χ0) is 14.0. The molecule has 0 spiro atoms. The lowest BCUT2D eigenvalue weighted by Gasteiger charge is -2.09. The fourth-order valence-corrected chi connectivity index (χ4v) is 2.02. The van der Waals surface area contributed by atoms with Crippen LogP contribution in [0.25, 0.3) is 5.57 Å². The second kappa shape index (κ2) is 4.91. The van der Waals surface area contributed by atoms with Crippen molar-refractivity contribution in [1.29, 1.82) is 5.26 Å². The molecular formula is C11H11F3N4O. The van der Waals surface area contributed by atoms with E-state index in [9.17, 15) is 13.2 Å². The number of aliphatic hydroxyl groups is 1. The molecule has 2 rings (SSSR count). The molecule has 0 saturated carbocycles. The van der Waals surface area contributed by atoms with Gasteiger partial charge in [0.1, 0.15) is 17.5 Å². The molecule has 1 aliphatic rings. The van der Waals surface area contributed by atoms with Crippen molar-refractivity contribution in [2.75, 3.05) is 0 Å². The summed E-state index contributed by atoms with van der Waals surface area (Å²) < 4.78 is 38.9. The Morgan fingerprint density at radius 2 is 2.00 bits per heavy atom. The highest BCUT2D eigenvalue weighted by Gasteiger charge is 2.38. The number of nitrogens with zero attached hydrogens (tertiary/aromatic N) is 4.